The number of benzene rings is 3. The highest BCUT2D eigenvalue weighted by molar-refractivity contribution is 6.32. The summed E-state index contributed by atoms with van der Waals surface area (Å²) in [6.45, 7) is 1.60. The third-order valence-electron chi connectivity index (χ3n) is 10.5. The number of carbonyl (C=O) groups is 5. The number of carbonyl (C=O) groups excluding carboxylic acids is 4. The molecule has 0 spiro atoms. The lowest BCUT2D eigenvalue weighted by molar-refractivity contribution is -0.131. The predicted molar refractivity (Wildman–Crippen MR) is 173 cm³/mol. The number of imide groups is 2. The highest BCUT2D eigenvalue weighted by Gasteiger charge is 2.67. The van der Waals surface area contributed by atoms with Crippen molar-refractivity contribution in [2.24, 2.45) is 29.1 Å². The van der Waals surface area contributed by atoms with Gasteiger partial charge in [0.2, 0.25) is 23.6 Å². The second-order valence-corrected chi connectivity index (χ2v) is 13.3. The molecule has 0 aromatic heterocycles. The van der Waals surface area contributed by atoms with E-state index in [1.165, 1.54) is 18.2 Å². The van der Waals surface area contributed by atoms with Crippen LogP contribution in [0, 0.1) is 34.9 Å². The van der Waals surface area contributed by atoms with Gasteiger partial charge in [0.15, 0.2) is 0 Å². The van der Waals surface area contributed by atoms with E-state index in [2.05, 4.69) is 0 Å². The third-order valence-corrected chi connectivity index (χ3v) is 10.8. The Hall–Kier alpha value is -5.07. The van der Waals surface area contributed by atoms with E-state index in [1.54, 1.807) is 31.2 Å². The minimum absolute atomic E-state index is 0.0237. The largest absolute Gasteiger partial charge is 0.507 e. The molecule has 49 heavy (non-hydrogen) atoms. The number of carboxylic acid groups (broad SMARTS) is 1. The summed E-state index contributed by atoms with van der Waals surface area (Å²) in [5, 5.41) is 28.6. The zero-order valence-corrected chi connectivity index (χ0v) is 26.8. The molecule has 4 amide bonds. The van der Waals surface area contributed by atoms with E-state index in [1.807, 2.05) is 6.08 Å². The summed E-state index contributed by atoms with van der Waals surface area (Å²) in [4.78, 5) is 70.3. The first-order valence-electron chi connectivity index (χ1n) is 15.7. The first-order valence-corrected chi connectivity index (χ1v) is 16.1. The predicted octanol–water partition coefficient (Wildman–Crippen LogP) is 4.69. The minimum atomic E-state index is -1.37. The van der Waals surface area contributed by atoms with Crippen LogP contribution in [0.15, 0.2) is 72.3 Å². The number of aromatic carboxylic acids is 1. The van der Waals surface area contributed by atoms with Crippen LogP contribution in [0.5, 0.6) is 11.5 Å². The topological polar surface area (TPSA) is 162 Å². The number of hydrogen-bond donors (Lipinski definition) is 3. The van der Waals surface area contributed by atoms with E-state index < -0.39 is 76.2 Å². The molecule has 11 nitrogen and oxygen atoms in total. The van der Waals surface area contributed by atoms with Gasteiger partial charge in [-0.3, -0.25) is 19.2 Å². The van der Waals surface area contributed by atoms with Crippen molar-refractivity contribution < 1.29 is 48.4 Å². The van der Waals surface area contributed by atoms with Gasteiger partial charge in [-0.2, -0.15) is 0 Å². The summed E-state index contributed by atoms with van der Waals surface area (Å²) in [6.07, 6.45) is 2.12. The van der Waals surface area contributed by atoms with Gasteiger partial charge >= 0.3 is 5.97 Å². The minimum Gasteiger partial charge on any atom is -0.507 e. The second kappa shape index (κ2) is 11.8. The number of aliphatic hydroxyl groups excluding tert-OH is 1. The summed E-state index contributed by atoms with van der Waals surface area (Å²) in [5.74, 6) is -8.29. The molecule has 252 valence electrons. The Balaban J connectivity index is 1.32. The van der Waals surface area contributed by atoms with Gasteiger partial charge in [-0.05, 0) is 73.7 Å². The van der Waals surface area contributed by atoms with E-state index in [4.69, 9.17) is 16.3 Å². The molecule has 6 atom stereocenters. The van der Waals surface area contributed by atoms with Crippen LogP contribution in [0.1, 0.15) is 41.6 Å². The lowest BCUT2D eigenvalue weighted by atomic mass is 9.51. The average Bonchev–Trinajstić information content (AvgIpc) is 3.44. The lowest BCUT2D eigenvalue weighted by Gasteiger charge is -2.49. The first-order chi connectivity index (χ1) is 23.4. The monoisotopic (exact) mass is 688 g/mol. The number of hydrogen-bond acceptors (Lipinski definition) is 8. The van der Waals surface area contributed by atoms with Crippen LogP contribution in [0.25, 0.3) is 0 Å². The zero-order valence-electron chi connectivity index (χ0n) is 26.0. The Labute approximate surface area is 284 Å². The van der Waals surface area contributed by atoms with Crippen LogP contribution < -0.4 is 14.5 Å². The maximum absolute atomic E-state index is 14.5. The van der Waals surface area contributed by atoms with Gasteiger partial charge in [0, 0.05) is 12.0 Å². The average molecular weight is 689 g/mol. The fourth-order valence-corrected chi connectivity index (χ4v) is 8.45. The van der Waals surface area contributed by atoms with Crippen molar-refractivity contribution in [3.05, 3.63) is 94.3 Å². The maximum atomic E-state index is 14.5. The van der Waals surface area contributed by atoms with Crippen molar-refractivity contribution in [1.29, 1.82) is 0 Å². The Bertz CT molecular complexity index is 1980. The van der Waals surface area contributed by atoms with Crippen LogP contribution in [-0.2, 0) is 19.2 Å². The van der Waals surface area contributed by atoms with Gasteiger partial charge in [-0.1, -0.05) is 35.4 Å². The number of phenols is 1. The van der Waals surface area contributed by atoms with E-state index in [0.717, 1.165) is 33.6 Å². The molecule has 7 rings (SSSR count). The van der Waals surface area contributed by atoms with Crippen molar-refractivity contribution in [1.82, 2.24) is 0 Å². The number of fused-ring (bicyclic) bond motifs is 4. The Morgan fingerprint density at radius 2 is 1.65 bits per heavy atom. The summed E-state index contributed by atoms with van der Waals surface area (Å²) < 4.78 is 19.7. The van der Waals surface area contributed by atoms with Crippen molar-refractivity contribution >= 4 is 52.6 Å². The fourth-order valence-electron chi connectivity index (χ4n) is 8.28. The Morgan fingerprint density at radius 3 is 2.31 bits per heavy atom. The Morgan fingerprint density at radius 1 is 0.959 bits per heavy atom. The highest BCUT2D eigenvalue weighted by Crippen LogP contribution is 2.63. The summed E-state index contributed by atoms with van der Waals surface area (Å²) >= 11 is 6.06. The first kappa shape index (κ1) is 32.5. The highest BCUT2D eigenvalue weighted by atomic mass is 35.5. The molecule has 3 aromatic carbocycles. The molecular formula is C36H30ClFN2O9. The van der Waals surface area contributed by atoms with Crippen molar-refractivity contribution in [3.8, 4) is 11.5 Å². The van der Waals surface area contributed by atoms with Gasteiger partial charge in [0.05, 0.1) is 46.2 Å². The quantitative estimate of drug-likeness (QED) is 0.236. The fraction of sp³-hybridized carbons (Fsp3) is 0.306. The number of rotatable bonds is 7. The number of aromatic hydroxyl groups is 1. The maximum Gasteiger partial charge on any atom is 0.339 e. The van der Waals surface area contributed by atoms with E-state index in [0.29, 0.717) is 11.3 Å². The third kappa shape index (κ3) is 4.84. The smallest absolute Gasteiger partial charge is 0.339 e. The zero-order chi connectivity index (χ0) is 34.9. The molecule has 2 aliphatic heterocycles. The number of nitrogens with zero attached hydrogens (tertiary/aromatic N) is 2. The summed E-state index contributed by atoms with van der Waals surface area (Å²) in [5.41, 5.74) is -0.193. The molecular weight excluding hydrogens is 659 g/mol. The van der Waals surface area contributed by atoms with Gasteiger partial charge in [-0.25, -0.2) is 19.0 Å². The Kier molecular flexibility index (Phi) is 7.83. The van der Waals surface area contributed by atoms with Crippen LogP contribution >= 0.6 is 11.6 Å². The number of carboxylic acids is 1. The standard InChI is InChI=1S/C36H30ClFN2O9/c1-36-25(32(44)40(35(36)48)18-5-11-27(38)26(37)14-18)16-24-21(30(36)17-2-6-20(7-3-17)49-13-12-41)9-10-23-29(24)33(45)39(31(23)43)19-4-8-22(34(46)47)28(42)15-19/h2-9,11,14-15,23-25,29-30,41-42H,10,12-13,16H2,1H3,(H,46,47)/t23-,24+,25-,29-,30-,36+/m0/s1. The SMILES string of the molecule is C[C@@]12C(=O)N(c3ccc(F)c(Cl)c3)C(=O)[C@@H]1C[C@@H]1C(=CC[C@@H]3C(=O)N(c4ccc(C(=O)O)c(O)c4)C(=O)[C@@H]31)[C@@H]2c1ccc(OCCO)cc1. The van der Waals surface area contributed by atoms with E-state index in [9.17, 15) is 43.7 Å². The summed E-state index contributed by atoms with van der Waals surface area (Å²) in [7, 11) is 0. The van der Waals surface area contributed by atoms with Crippen molar-refractivity contribution in [2.75, 3.05) is 23.0 Å². The molecule has 3 aromatic rings. The van der Waals surface area contributed by atoms with Crippen LogP contribution in [-0.4, -0.2) is 58.1 Å². The van der Waals surface area contributed by atoms with Gasteiger partial charge in [0.1, 0.15) is 29.5 Å². The number of allylic oxidation sites excluding steroid dienone is 2. The molecule has 0 bridgehead atoms. The molecule has 2 saturated heterocycles. The molecule has 3 fully saturated rings. The van der Waals surface area contributed by atoms with Gasteiger partial charge in [-0.15, -0.1) is 0 Å². The van der Waals surface area contributed by atoms with Crippen LogP contribution in [0.4, 0.5) is 15.8 Å². The molecule has 0 radical (unpaired) electrons. The second-order valence-electron chi connectivity index (χ2n) is 12.9. The molecule has 1 saturated carbocycles. The van der Waals surface area contributed by atoms with Gasteiger partial charge < -0.3 is 20.1 Å². The number of ether oxygens (including phenoxy) is 1. The molecule has 2 heterocycles. The normalized spacial score (nSPS) is 27.5. The van der Waals surface area contributed by atoms with Crippen molar-refractivity contribution in [3.63, 3.8) is 0 Å². The number of anilines is 2. The van der Waals surface area contributed by atoms with Crippen LogP contribution in [0.3, 0.4) is 0 Å². The summed E-state index contributed by atoms with van der Waals surface area (Å²) in [6, 6.07) is 14.0. The molecule has 2 aliphatic carbocycles. The number of amides is 4. The van der Waals surface area contributed by atoms with Gasteiger partial charge in [0.25, 0.3) is 0 Å². The molecule has 4 aliphatic rings. The van der Waals surface area contributed by atoms with Crippen LogP contribution in [0.2, 0.25) is 5.02 Å². The van der Waals surface area contributed by atoms with E-state index in [-0.39, 0.29) is 48.0 Å². The van der Waals surface area contributed by atoms with E-state index >= 15 is 0 Å². The molecule has 3 N–H and O–H groups in total. The number of halogens is 2. The lowest BCUT2D eigenvalue weighted by Crippen LogP contribution is -2.48. The molecule has 13 heteroatoms. The van der Waals surface area contributed by atoms with Crippen molar-refractivity contribution in [2.45, 2.75) is 25.7 Å². The number of aliphatic hydroxyl groups is 1. The molecule has 0 unspecified atom stereocenters.